The van der Waals surface area contributed by atoms with Crippen LogP contribution >= 0.6 is 0 Å². The largest absolute Gasteiger partial charge is 0.363 e. The third kappa shape index (κ3) is 10.4. The maximum Gasteiger partial charge on any atom is 0.315 e. The monoisotopic (exact) mass is 683 g/mol. The van der Waals surface area contributed by atoms with Crippen molar-refractivity contribution in [1.82, 2.24) is 20.9 Å². The predicted molar refractivity (Wildman–Crippen MR) is 183 cm³/mol. The second kappa shape index (κ2) is 14.4. The molecule has 12 nitrogen and oxygen atoms in total. The molecule has 1 aliphatic heterocycles. The van der Waals surface area contributed by atoms with Gasteiger partial charge in [0.1, 0.15) is 12.1 Å². The van der Waals surface area contributed by atoms with Crippen molar-refractivity contribution < 1.29 is 32.4 Å². The number of carbonyl (C=O) groups excluding carboxylic acids is 5. The molecular formula is C34H61N5O7S. The summed E-state index contributed by atoms with van der Waals surface area (Å²) in [6, 6.07) is -4.56. The summed E-state index contributed by atoms with van der Waals surface area (Å²) >= 11 is 0. The van der Waals surface area contributed by atoms with Crippen molar-refractivity contribution in [3.63, 3.8) is 0 Å². The first-order chi connectivity index (χ1) is 21.1. The highest BCUT2D eigenvalue weighted by Gasteiger charge is 2.50. The van der Waals surface area contributed by atoms with Crippen LogP contribution in [0.3, 0.4) is 0 Å². The minimum atomic E-state index is -3.59. The third-order valence-electron chi connectivity index (χ3n) is 9.79. The van der Waals surface area contributed by atoms with E-state index in [0.29, 0.717) is 12.8 Å². The van der Waals surface area contributed by atoms with Crippen LogP contribution in [-0.4, -0.2) is 84.1 Å². The van der Waals surface area contributed by atoms with Crippen molar-refractivity contribution in [3.05, 3.63) is 0 Å². The second-order valence-electron chi connectivity index (χ2n) is 17.8. The number of hydrogen-bond acceptors (Lipinski definition) is 7. The number of sulfone groups is 1. The molecule has 1 saturated heterocycles. The van der Waals surface area contributed by atoms with Crippen LogP contribution in [0.4, 0.5) is 4.79 Å². The van der Waals surface area contributed by atoms with E-state index in [2.05, 4.69) is 16.0 Å². The molecule has 1 heterocycles. The van der Waals surface area contributed by atoms with E-state index in [1.807, 2.05) is 41.5 Å². The lowest BCUT2D eigenvalue weighted by Gasteiger charge is -2.39. The fourth-order valence-corrected chi connectivity index (χ4v) is 7.64. The zero-order valence-corrected chi connectivity index (χ0v) is 31.5. The summed E-state index contributed by atoms with van der Waals surface area (Å²) < 4.78 is 25.1. The molecule has 13 heteroatoms. The lowest BCUT2D eigenvalue weighted by molar-refractivity contribution is -0.145. The van der Waals surface area contributed by atoms with Crippen molar-refractivity contribution in [2.75, 3.05) is 12.3 Å². The van der Waals surface area contributed by atoms with Crippen molar-refractivity contribution in [1.29, 1.82) is 0 Å². The molecule has 1 unspecified atom stereocenters. The van der Waals surface area contributed by atoms with E-state index in [0.717, 1.165) is 19.3 Å². The number of ketones is 1. The number of Topliss-reactive ketones (excluding diaryl/α,β-unsaturated/α-hetero) is 1. The quantitative estimate of drug-likeness (QED) is 0.241. The third-order valence-corrected chi connectivity index (χ3v) is 12.4. The molecule has 0 aromatic rings. The van der Waals surface area contributed by atoms with Gasteiger partial charge < -0.3 is 26.6 Å². The first-order valence-electron chi connectivity index (χ1n) is 16.8. The van der Waals surface area contributed by atoms with Gasteiger partial charge in [-0.15, -0.1) is 0 Å². The number of amides is 5. The van der Waals surface area contributed by atoms with E-state index in [-0.39, 0.29) is 24.1 Å². The first kappa shape index (κ1) is 40.5. The maximum atomic E-state index is 14.4. The van der Waals surface area contributed by atoms with E-state index in [9.17, 15) is 32.4 Å². The molecule has 0 radical (unpaired) electrons. The number of primary amides is 1. The second-order valence-corrected chi connectivity index (χ2v) is 20.6. The number of urea groups is 1. The Kier molecular flexibility index (Phi) is 12.4. The number of nitrogens with zero attached hydrogens (tertiary/aromatic N) is 1. The van der Waals surface area contributed by atoms with E-state index in [4.69, 9.17) is 5.73 Å². The lowest BCUT2D eigenvalue weighted by Crippen LogP contribution is -2.62. The van der Waals surface area contributed by atoms with Crippen molar-refractivity contribution in [3.8, 4) is 0 Å². The normalized spacial score (nSPS) is 21.7. The number of likely N-dealkylation sites (tertiary alicyclic amines) is 1. The van der Waals surface area contributed by atoms with Crippen LogP contribution in [0, 0.1) is 28.1 Å². The van der Waals surface area contributed by atoms with Gasteiger partial charge in [-0.05, 0) is 61.7 Å². The van der Waals surface area contributed by atoms with Gasteiger partial charge in [0.05, 0.1) is 16.5 Å². The van der Waals surface area contributed by atoms with E-state index >= 15 is 0 Å². The van der Waals surface area contributed by atoms with Gasteiger partial charge in [0.15, 0.2) is 9.84 Å². The molecule has 2 rings (SSSR count). The molecular weight excluding hydrogens is 622 g/mol. The molecule has 0 aromatic heterocycles. The summed E-state index contributed by atoms with van der Waals surface area (Å²) in [7, 11) is -3.59. The van der Waals surface area contributed by atoms with Gasteiger partial charge >= 0.3 is 6.03 Å². The zero-order valence-electron chi connectivity index (χ0n) is 30.7. The Morgan fingerprint density at radius 3 is 1.77 bits per heavy atom. The summed E-state index contributed by atoms with van der Waals surface area (Å²) in [5, 5.41) is 8.41. The number of rotatable bonds is 11. The van der Waals surface area contributed by atoms with E-state index < -0.39 is 84.5 Å². The Bertz CT molecular complexity index is 1300. The lowest BCUT2D eigenvalue weighted by atomic mass is 9.75. The van der Waals surface area contributed by atoms with Gasteiger partial charge in [-0.3, -0.25) is 19.2 Å². The fraction of sp³-hybridized carbons (Fsp3) is 0.853. The van der Waals surface area contributed by atoms with Gasteiger partial charge in [-0.25, -0.2) is 13.2 Å². The summed E-state index contributed by atoms with van der Waals surface area (Å²) in [6.07, 6.45) is 3.64. The van der Waals surface area contributed by atoms with Crippen LogP contribution in [0.1, 0.15) is 115 Å². The Hall–Kier alpha value is -2.70. The maximum absolute atomic E-state index is 14.4. The SMILES string of the molecule is CC(C)(C)[C@H](NC(=O)N[C@H](CS(=O)(=O)C(C)(C)C)C(C)(C)C)C(=O)N1CC[C@@H](C(C)(C)C)[C@H]1C(=O)NC(CC1CCC1)C(=O)C(N)=O. The van der Waals surface area contributed by atoms with Crippen LogP contribution in [0.25, 0.3) is 0 Å². The topological polar surface area (TPSA) is 185 Å². The number of nitrogens with one attached hydrogen (secondary N) is 3. The van der Waals surface area contributed by atoms with Crippen LogP contribution in [0.2, 0.25) is 0 Å². The molecule has 5 N–H and O–H groups in total. The molecule has 5 atom stereocenters. The highest BCUT2D eigenvalue weighted by atomic mass is 32.2. The van der Waals surface area contributed by atoms with Crippen molar-refractivity contribution in [2.24, 2.45) is 33.8 Å². The molecule has 270 valence electrons. The highest BCUT2D eigenvalue weighted by Crippen LogP contribution is 2.40. The predicted octanol–water partition coefficient (Wildman–Crippen LogP) is 3.32. The van der Waals surface area contributed by atoms with Gasteiger partial charge in [-0.2, -0.15) is 0 Å². The van der Waals surface area contributed by atoms with Gasteiger partial charge in [0.2, 0.25) is 17.6 Å². The standard InChI is InChI=1S/C34H61N5O7S/c1-31(2,3)21-16-17-39(24(21)28(42)36-22(25(40)27(35)41)18-20-14-13-15-20)29(43)26(33(7,8)9)38-30(44)37-23(32(4,5)6)19-47(45,46)34(10,11)12/h20-24,26H,13-19H2,1-12H3,(H2,35,41)(H,36,42)(H2,37,38,44)/t21-,22?,23-,24+,26-/m1/s1. The van der Waals surface area contributed by atoms with Crippen LogP contribution in [0.15, 0.2) is 0 Å². The highest BCUT2D eigenvalue weighted by molar-refractivity contribution is 7.92. The Balaban J connectivity index is 2.40. The average molecular weight is 684 g/mol. The molecule has 47 heavy (non-hydrogen) atoms. The van der Waals surface area contributed by atoms with Gasteiger partial charge in [0.25, 0.3) is 5.91 Å². The molecule has 1 aliphatic carbocycles. The minimum absolute atomic E-state index is 0.201. The summed E-state index contributed by atoms with van der Waals surface area (Å²) in [5.41, 5.74) is 3.53. The first-order valence-corrected chi connectivity index (χ1v) is 18.5. The summed E-state index contributed by atoms with van der Waals surface area (Å²) in [6.45, 7) is 22.0. The van der Waals surface area contributed by atoms with Crippen LogP contribution in [0.5, 0.6) is 0 Å². The van der Waals surface area contributed by atoms with E-state index in [1.165, 1.54) is 4.90 Å². The Labute approximate surface area is 282 Å². The van der Waals surface area contributed by atoms with Crippen LogP contribution in [-0.2, 0) is 29.0 Å². The molecule has 2 fully saturated rings. The number of nitrogens with two attached hydrogens (primary N) is 1. The van der Waals surface area contributed by atoms with E-state index in [1.54, 1.807) is 41.5 Å². The van der Waals surface area contributed by atoms with Crippen molar-refractivity contribution in [2.45, 2.75) is 144 Å². The molecule has 0 spiro atoms. The smallest absolute Gasteiger partial charge is 0.315 e. The van der Waals surface area contributed by atoms with Gasteiger partial charge in [-0.1, -0.05) is 81.6 Å². The summed E-state index contributed by atoms with van der Waals surface area (Å²) in [5.74, 6) is -3.34. The van der Waals surface area contributed by atoms with Crippen molar-refractivity contribution >= 4 is 39.4 Å². The molecule has 1 saturated carbocycles. The number of carbonyl (C=O) groups is 5. The zero-order chi connectivity index (χ0) is 36.5. The Morgan fingerprint density at radius 2 is 1.36 bits per heavy atom. The fourth-order valence-electron chi connectivity index (χ4n) is 6.12. The number of hydrogen-bond donors (Lipinski definition) is 4. The minimum Gasteiger partial charge on any atom is -0.363 e. The molecule has 0 bridgehead atoms. The molecule has 0 aromatic carbocycles. The Morgan fingerprint density at radius 1 is 0.809 bits per heavy atom. The summed E-state index contributed by atoms with van der Waals surface area (Å²) in [4.78, 5) is 68.1. The van der Waals surface area contributed by atoms with Crippen LogP contribution < -0.4 is 21.7 Å². The average Bonchev–Trinajstić information content (AvgIpc) is 3.31. The van der Waals surface area contributed by atoms with Gasteiger partial charge in [0, 0.05) is 12.6 Å². The molecule has 2 aliphatic rings. The molecule has 5 amide bonds.